The molecule has 2 rings (SSSR count). The van der Waals surface area contributed by atoms with Crippen molar-refractivity contribution in [2.75, 3.05) is 0 Å². The Labute approximate surface area is 91.8 Å². The average Bonchev–Trinajstić information content (AvgIpc) is 2.15. The molecule has 0 fully saturated rings. The van der Waals surface area contributed by atoms with E-state index < -0.39 is 6.10 Å². The van der Waals surface area contributed by atoms with Gasteiger partial charge < -0.3 is 14.6 Å². The number of phenolic OH excluding ortho intramolecular Hbond substituents is 1. The first-order valence-corrected chi connectivity index (χ1v) is 5.00. The Hall–Kier alpha value is -1.81. The number of benzene rings is 1. The van der Waals surface area contributed by atoms with Crippen molar-refractivity contribution in [3.63, 3.8) is 0 Å². The van der Waals surface area contributed by atoms with Gasteiger partial charge in [-0.1, -0.05) is 6.07 Å². The van der Waals surface area contributed by atoms with E-state index in [1.54, 1.807) is 19.1 Å². The van der Waals surface area contributed by atoms with Crippen molar-refractivity contribution in [2.45, 2.75) is 19.4 Å². The van der Waals surface area contributed by atoms with Gasteiger partial charge in [0.25, 0.3) is 0 Å². The first-order chi connectivity index (χ1) is 7.58. The molecule has 0 radical (unpaired) electrons. The lowest BCUT2D eigenvalue weighted by Gasteiger charge is -2.05. The van der Waals surface area contributed by atoms with Crippen molar-refractivity contribution in [3.8, 4) is 5.75 Å². The van der Waals surface area contributed by atoms with Crippen molar-refractivity contribution in [2.24, 2.45) is 0 Å². The van der Waals surface area contributed by atoms with Gasteiger partial charge in [-0.2, -0.15) is 0 Å². The van der Waals surface area contributed by atoms with Crippen LogP contribution in [0.2, 0.25) is 0 Å². The van der Waals surface area contributed by atoms with Crippen LogP contribution in [0, 0.1) is 0 Å². The molecular formula is C12H12O4. The molecule has 0 saturated carbocycles. The molecule has 4 nitrogen and oxygen atoms in total. The van der Waals surface area contributed by atoms with Crippen LogP contribution in [0.15, 0.2) is 33.5 Å². The summed E-state index contributed by atoms with van der Waals surface area (Å²) in [6, 6.07) is 5.96. The molecule has 0 aliphatic carbocycles. The van der Waals surface area contributed by atoms with Crippen LogP contribution in [0.25, 0.3) is 11.0 Å². The second-order valence-corrected chi connectivity index (χ2v) is 3.78. The summed E-state index contributed by atoms with van der Waals surface area (Å²) in [7, 11) is 0. The lowest BCUT2D eigenvalue weighted by atomic mass is 10.1. The number of phenols is 1. The van der Waals surface area contributed by atoms with Crippen LogP contribution in [0.1, 0.15) is 12.7 Å². The lowest BCUT2D eigenvalue weighted by molar-refractivity contribution is 0.187. The molecule has 1 aromatic carbocycles. The van der Waals surface area contributed by atoms with E-state index in [1.165, 1.54) is 12.1 Å². The molecule has 1 unspecified atom stereocenters. The van der Waals surface area contributed by atoms with E-state index in [1.807, 2.05) is 0 Å². The summed E-state index contributed by atoms with van der Waals surface area (Å²) in [5.41, 5.74) is 0.0400. The summed E-state index contributed by atoms with van der Waals surface area (Å²) in [4.78, 5) is 11.7. The van der Waals surface area contributed by atoms with Gasteiger partial charge in [0.05, 0.1) is 6.10 Å². The van der Waals surface area contributed by atoms with Crippen LogP contribution in [-0.4, -0.2) is 16.3 Å². The number of aliphatic hydroxyl groups excluding tert-OH is 1. The van der Waals surface area contributed by atoms with E-state index in [9.17, 15) is 15.0 Å². The molecule has 0 spiro atoms. The molecule has 0 amide bonds. The predicted molar refractivity (Wildman–Crippen MR) is 59.5 cm³/mol. The molecule has 16 heavy (non-hydrogen) atoms. The van der Waals surface area contributed by atoms with Crippen molar-refractivity contribution in [3.05, 3.63) is 40.2 Å². The summed E-state index contributed by atoms with van der Waals surface area (Å²) in [6.45, 7) is 1.62. The Bertz CT molecular complexity index is 569. The minimum absolute atomic E-state index is 0.0881. The van der Waals surface area contributed by atoms with Gasteiger partial charge in [0.2, 0.25) is 0 Å². The maximum atomic E-state index is 11.7. The van der Waals surface area contributed by atoms with E-state index in [4.69, 9.17) is 4.42 Å². The largest absolute Gasteiger partial charge is 0.507 e. The minimum atomic E-state index is -0.571. The Morgan fingerprint density at radius 1 is 1.44 bits per heavy atom. The van der Waals surface area contributed by atoms with Gasteiger partial charge in [-0.15, -0.1) is 0 Å². The number of aliphatic hydroxyl groups is 1. The molecule has 1 aromatic heterocycles. The second-order valence-electron chi connectivity index (χ2n) is 3.78. The lowest BCUT2D eigenvalue weighted by Crippen LogP contribution is -2.08. The Kier molecular flexibility index (Phi) is 2.66. The Morgan fingerprint density at radius 2 is 2.19 bits per heavy atom. The highest BCUT2D eigenvalue weighted by Gasteiger charge is 2.09. The Balaban J connectivity index is 2.64. The fourth-order valence-electron chi connectivity index (χ4n) is 1.63. The third-order valence-electron chi connectivity index (χ3n) is 2.28. The third kappa shape index (κ3) is 1.92. The quantitative estimate of drug-likeness (QED) is 0.803. The zero-order valence-electron chi connectivity index (χ0n) is 8.80. The van der Waals surface area contributed by atoms with E-state index in [0.717, 1.165) is 0 Å². The molecule has 1 atom stereocenters. The molecule has 2 N–H and O–H groups in total. The summed E-state index contributed by atoms with van der Waals surface area (Å²) >= 11 is 0. The van der Waals surface area contributed by atoms with Crippen LogP contribution in [0.5, 0.6) is 5.75 Å². The van der Waals surface area contributed by atoms with Crippen LogP contribution in [0.4, 0.5) is 0 Å². The van der Waals surface area contributed by atoms with Gasteiger partial charge in [-0.05, 0) is 19.1 Å². The van der Waals surface area contributed by atoms with Gasteiger partial charge in [0.1, 0.15) is 22.5 Å². The normalized spacial score (nSPS) is 12.9. The first-order valence-electron chi connectivity index (χ1n) is 5.00. The molecule has 0 bridgehead atoms. The molecule has 1 heterocycles. The van der Waals surface area contributed by atoms with Crippen molar-refractivity contribution >= 4 is 11.0 Å². The summed E-state index contributed by atoms with van der Waals surface area (Å²) in [5.74, 6) is 0.327. The highest BCUT2D eigenvalue weighted by atomic mass is 16.3. The number of rotatable bonds is 2. The van der Waals surface area contributed by atoms with Crippen molar-refractivity contribution in [1.82, 2.24) is 0 Å². The number of fused-ring (bicyclic) bond motifs is 1. The van der Waals surface area contributed by atoms with Gasteiger partial charge in [0.15, 0.2) is 5.43 Å². The maximum Gasteiger partial charge on any atom is 0.196 e. The SMILES string of the molecule is CC(O)Cc1cc(=O)c2c(O)cccc2o1. The molecular weight excluding hydrogens is 208 g/mol. The number of hydrogen-bond acceptors (Lipinski definition) is 4. The van der Waals surface area contributed by atoms with Gasteiger partial charge in [-0.3, -0.25) is 4.79 Å². The van der Waals surface area contributed by atoms with Crippen LogP contribution < -0.4 is 5.43 Å². The summed E-state index contributed by atoms with van der Waals surface area (Å²) in [6.07, 6.45) is -0.293. The van der Waals surface area contributed by atoms with Crippen LogP contribution in [0.3, 0.4) is 0 Å². The van der Waals surface area contributed by atoms with Gasteiger partial charge in [-0.25, -0.2) is 0 Å². The molecule has 2 aromatic rings. The summed E-state index contributed by atoms with van der Waals surface area (Å²) < 4.78 is 5.41. The topological polar surface area (TPSA) is 70.7 Å². The monoisotopic (exact) mass is 220 g/mol. The number of aromatic hydroxyl groups is 1. The molecule has 4 heteroatoms. The van der Waals surface area contributed by atoms with Crippen molar-refractivity contribution < 1.29 is 14.6 Å². The van der Waals surface area contributed by atoms with Crippen LogP contribution >= 0.6 is 0 Å². The van der Waals surface area contributed by atoms with Gasteiger partial charge in [0, 0.05) is 12.5 Å². The fraction of sp³-hybridized carbons (Fsp3) is 0.250. The van der Waals surface area contributed by atoms with Crippen LogP contribution in [-0.2, 0) is 6.42 Å². The van der Waals surface area contributed by atoms with E-state index in [0.29, 0.717) is 11.3 Å². The summed E-state index contributed by atoms with van der Waals surface area (Å²) in [5, 5.41) is 18.9. The third-order valence-corrected chi connectivity index (χ3v) is 2.28. The molecule has 0 saturated heterocycles. The zero-order valence-corrected chi connectivity index (χ0v) is 8.80. The first kappa shape index (κ1) is 10.7. The highest BCUT2D eigenvalue weighted by Crippen LogP contribution is 2.21. The minimum Gasteiger partial charge on any atom is -0.507 e. The second kappa shape index (κ2) is 3.98. The molecule has 0 aliphatic rings. The predicted octanol–water partition coefficient (Wildman–Crippen LogP) is 1.42. The average molecular weight is 220 g/mol. The Morgan fingerprint density at radius 3 is 2.88 bits per heavy atom. The maximum absolute atomic E-state index is 11.7. The van der Waals surface area contributed by atoms with E-state index in [2.05, 4.69) is 0 Å². The van der Waals surface area contributed by atoms with Gasteiger partial charge >= 0.3 is 0 Å². The molecule has 84 valence electrons. The fourth-order valence-corrected chi connectivity index (χ4v) is 1.63. The highest BCUT2D eigenvalue weighted by molar-refractivity contribution is 5.82. The van der Waals surface area contributed by atoms with Crippen molar-refractivity contribution in [1.29, 1.82) is 0 Å². The number of hydrogen-bond donors (Lipinski definition) is 2. The zero-order chi connectivity index (χ0) is 11.7. The van der Waals surface area contributed by atoms with E-state index >= 15 is 0 Å². The molecule has 0 aliphatic heterocycles. The smallest absolute Gasteiger partial charge is 0.196 e. The van der Waals surface area contributed by atoms with E-state index in [-0.39, 0.29) is 23.0 Å². The standard InChI is InChI=1S/C12H12O4/c1-7(13)5-8-6-10(15)12-9(14)3-2-4-11(12)16-8/h2-4,6-7,13-14H,5H2,1H3.